The molecule has 2 aromatic rings. The molecule has 1 heterocycles. The third-order valence-corrected chi connectivity index (χ3v) is 2.57. The molecule has 0 radical (unpaired) electrons. The Morgan fingerprint density at radius 2 is 2.00 bits per heavy atom. The van der Waals surface area contributed by atoms with E-state index in [9.17, 15) is 4.79 Å². The van der Waals surface area contributed by atoms with Gasteiger partial charge in [-0.25, -0.2) is 4.98 Å². The fraction of sp³-hybridized carbons (Fsp3) is 0.154. The lowest BCUT2D eigenvalue weighted by Gasteiger charge is -2.18. The number of anilines is 2. The molecule has 0 saturated heterocycles. The molecule has 1 aromatic heterocycles. The standard InChI is InChI=1S/C13H12N4O/c1-9-15-12(7-13(18)16-9)17(2)11-5-3-10(8-14)4-6-11/h3-7H,1-2H3,(H,15,16,18). The van der Waals surface area contributed by atoms with Crippen molar-refractivity contribution in [1.82, 2.24) is 9.97 Å². The molecule has 0 amide bonds. The molecular formula is C13H12N4O. The number of rotatable bonds is 2. The maximum absolute atomic E-state index is 11.4. The number of benzene rings is 1. The Kier molecular flexibility index (Phi) is 3.11. The highest BCUT2D eigenvalue weighted by Crippen LogP contribution is 2.20. The van der Waals surface area contributed by atoms with Crippen LogP contribution in [0.5, 0.6) is 0 Å². The fourth-order valence-corrected chi connectivity index (χ4v) is 1.63. The van der Waals surface area contributed by atoms with Crippen LogP contribution in [0.3, 0.4) is 0 Å². The summed E-state index contributed by atoms with van der Waals surface area (Å²) in [5, 5.41) is 8.74. The number of nitriles is 1. The van der Waals surface area contributed by atoms with Crippen molar-refractivity contribution >= 4 is 11.5 Å². The number of aryl methyl sites for hydroxylation is 1. The lowest BCUT2D eigenvalue weighted by Crippen LogP contribution is -2.17. The highest BCUT2D eigenvalue weighted by atomic mass is 16.1. The van der Waals surface area contributed by atoms with E-state index in [0.29, 0.717) is 17.2 Å². The molecule has 90 valence electrons. The molecule has 18 heavy (non-hydrogen) atoms. The Bertz CT molecular complexity index is 652. The molecule has 0 aliphatic carbocycles. The molecular weight excluding hydrogens is 228 g/mol. The number of nitrogens with zero attached hydrogens (tertiary/aromatic N) is 3. The minimum atomic E-state index is -0.182. The Balaban J connectivity index is 2.38. The summed E-state index contributed by atoms with van der Waals surface area (Å²) in [5.74, 6) is 1.14. The van der Waals surface area contributed by atoms with Crippen molar-refractivity contribution in [3.05, 3.63) is 52.1 Å². The van der Waals surface area contributed by atoms with Crippen molar-refractivity contribution in [2.75, 3.05) is 11.9 Å². The van der Waals surface area contributed by atoms with E-state index in [1.807, 2.05) is 19.2 Å². The second kappa shape index (κ2) is 4.72. The van der Waals surface area contributed by atoms with E-state index < -0.39 is 0 Å². The van der Waals surface area contributed by atoms with Gasteiger partial charge in [-0.1, -0.05) is 0 Å². The summed E-state index contributed by atoms with van der Waals surface area (Å²) in [5.41, 5.74) is 1.28. The average molecular weight is 240 g/mol. The van der Waals surface area contributed by atoms with Gasteiger partial charge in [-0.15, -0.1) is 0 Å². The van der Waals surface area contributed by atoms with Crippen LogP contribution in [0.4, 0.5) is 11.5 Å². The first-order valence-corrected chi connectivity index (χ1v) is 5.42. The van der Waals surface area contributed by atoms with Crippen LogP contribution in [0.1, 0.15) is 11.4 Å². The minimum Gasteiger partial charge on any atom is -0.329 e. The average Bonchev–Trinajstić information content (AvgIpc) is 2.37. The predicted molar refractivity (Wildman–Crippen MR) is 68.8 cm³/mol. The van der Waals surface area contributed by atoms with Crippen LogP contribution in [-0.2, 0) is 0 Å². The van der Waals surface area contributed by atoms with Crippen LogP contribution >= 0.6 is 0 Å². The number of hydrogen-bond acceptors (Lipinski definition) is 4. The van der Waals surface area contributed by atoms with E-state index in [2.05, 4.69) is 16.0 Å². The molecule has 0 atom stereocenters. The zero-order valence-corrected chi connectivity index (χ0v) is 10.1. The Morgan fingerprint density at radius 3 is 2.56 bits per heavy atom. The maximum atomic E-state index is 11.4. The van der Waals surface area contributed by atoms with Crippen LogP contribution in [0.15, 0.2) is 35.1 Å². The van der Waals surface area contributed by atoms with Crippen LogP contribution < -0.4 is 10.5 Å². The first-order chi connectivity index (χ1) is 8.60. The van der Waals surface area contributed by atoms with Gasteiger partial charge in [-0.3, -0.25) is 4.79 Å². The monoisotopic (exact) mass is 240 g/mol. The lowest BCUT2D eigenvalue weighted by atomic mass is 10.2. The highest BCUT2D eigenvalue weighted by molar-refractivity contribution is 5.59. The van der Waals surface area contributed by atoms with Gasteiger partial charge in [-0.2, -0.15) is 5.26 Å². The van der Waals surface area contributed by atoms with Crippen LogP contribution in [0.2, 0.25) is 0 Å². The third-order valence-electron chi connectivity index (χ3n) is 2.57. The largest absolute Gasteiger partial charge is 0.329 e. The van der Waals surface area contributed by atoms with E-state index in [4.69, 9.17) is 5.26 Å². The van der Waals surface area contributed by atoms with Gasteiger partial charge in [0, 0.05) is 18.8 Å². The molecule has 0 spiro atoms. The Morgan fingerprint density at radius 1 is 1.33 bits per heavy atom. The number of hydrogen-bond donors (Lipinski definition) is 1. The number of nitrogens with one attached hydrogen (secondary N) is 1. The first-order valence-electron chi connectivity index (χ1n) is 5.42. The quantitative estimate of drug-likeness (QED) is 0.867. The van der Waals surface area contributed by atoms with Crippen molar-refractivity contribution in [3.63, 3.8) is 0 Å². The molecule has 1 aromatic carbocycles. The molecule has 0 saturated carbocycles. The summed E-state index contributed by atoms with van der Waals surface area (Å²) in [7, 11) is 1.82. The van der Waals surface area contributed by atoms with Gasteiger partial charge in [0.25, 0.3) is 5.56 Å². The van der Waals surface area contributed by atoms with Gasteiger partial charge < -0.3 is 9.88 Å². The number of H-pyrrole nitrogens is 1. The van der Waals surface area contributed by atoms with Gasteiger partial charge in [0.05, 0.1) is 11.6 Å². The molecule has 0 unspecified atom stereocenters. The van der Waals surface area contributed by atoms with E-state index in [0.717, 1.165) is 5.69 Å². The van der Waals surface area contributed by atoms with E-state index in [-0.39, 0.29) is 5.56 Å². The smallest absolute Gasteiger partial charge is 0.252 e. The zero-order valence-electron chi connectivity index (χ0n) is 10.1. The molecule has 0 aliphatic rings. The summed E-state index contributed by atoms with van der Waals surface area (Å²) in [6.07, 6.45) is 0. The Labute approximate surface area is 104 Å². The maximum Gasteiger partial charge on any atom is 0.252 e. The SMILES string of the molecule is Cc1nc(N(C)c2ccc(C#N)cc2)cc(=O)[nH]1. The van der Waals surface area contributed by atoms with Gasteiger partial charge in [-0.05, 0) is 31.2 Å². The summed E-state index contributed by atoms with van der Waals surface area (Å²) >= 11 is 0. The Hall–Kier alpha value is -2.61. The minimum absolute atomic E-state index is 0.182. The number of aromatic amines is 1. The van der Waals surface area contributed by atoms with Gasteiger partial charge >= 0.3 is 0 Å². The van der Waals surface area contributed by atoms with Crippen molar-refractivity contribution in [1.29, 1.82) is 5.26 Å². The second-order valence-electron chi connectivity index (χ2n) is 3.91. The molecule has 0 aliphatic heterocycles. The molecule has 0 fully saturated rings. The second-order valence-corrected chi connectivity index (χ2v) is 3.91. The lowest BCUT2D eigenvalue weighted by molar-refractivity contribution is 0.987. The molecule has 0 bridgehead atoms. The predicted octanol–water partition coefficient (Wildman–Crippen LogP) is 1.72. The van der Waals surface area contributed by atoms with Gasteiger partial charge in [0.1, 0.15) is 11.6 Å². The molecule has 5 heteroatoms. The normalized spacial score (nSPS) is 9.83. The fourth-order valence-electron chi connectivity index (χ4n) is 1.63. The van der Waals surface area contributed by atoms with Gasteiger partial charge in [0.15, 0.2) is 0 Å². The van der Waals surface area contributed by atoms with Crippen molar-refractivity contribution in [2.45, 2.75) is 6.92 Å². The van der Waals surface area contributed by atoms with E-state index in [1.165, 1.54) is 6.07 Å². The van der Waals surface area contributed by atoms with Crippen LogP contribution in [-0.4, -0.2) is 17.0 Å². The van der Waals surface area contributed by atoms with Crippen molar-refractivity contribution < 1.29 is 0 Å². The van der Waals surface area contributed by atoms with Crippen molar-refractivity contribution in [3.8, 4) is 6.07 Å². The molecule has 1 N–H and O–H groups in total. The number of aromatic nitrogens is 2. The highest BCUT2D eigenvalue weighted by Gasteiger charge is 2.06. The third kappa shape index (κ3) is 2.38. The summed E-state index contributed by atoms with van der Waals surface area (Å²) < 4.78 is 0. The first kappa shape index (κ1) is 11.9. The molecule has 2 rings (SSSR count). The van der Waals surface area contributed by atoms with E-state index >= 15 is 0 Å². The van der Waals surface area contributed by atoms with Gasteiger partial charge in [0.2, 0.25) is 0 Å². The molecule has 5 nitrogen and oxygen atoms in total. The topological polar surface area (TPSA) is 72.8 Å². The van der Waals surface area contributed by atoms with Crippen LogP contribution in [0, 0.1) is 18.3 Å². The van der Waals surface area contributed by atoms with Crippen LogP contribution in [0.25, 0.3) is 0 Å². The van der Waals surface area contributed by atoms with E-state index in [1.54, 1.807) is 24.0 Å². The zero-order chi connectivity index (χ0) is 13.1. The summed E-state index contributed by atoms with van der Waals surface area (Å²) in [4.78, 5) is 20.0. The summed E-state index contributed by atoms with van der Waals surface area (Å²) in [6, 6.07) is 10.6. The summed E-state index contributed by atoms with van der Waals surface area (Å²) in [6.45, 7) is 1.73. The van der Waals surface area contributed by atoms with Crippen molar-refractivity contribution in [2.24, 2.45) is 0 Å².